The molecular formula is C8H16N2O8S. The molecule has 0 aromatic carbocycles. The van der Waals surface area contributed by atoms with E-state index in [9.17, 15) is 33.6 Å². The quantitative estimate of drug-likeness (QED) is 0.304. The SMILES string of the molecule is CC(=O)NS(=O)(=O)NC[C@H]1OC(O)[C@@H](O)[C@@H](O)[C@@H]1O. The van der Waals surface area contributed by atoms with E-state index in [1.807, 2.05) is 4.72 Å². The second-order valence-corrected chi connectivity index (χ2v) is 5.55. The van der Waals surface area contributed by atoms with Crippen molar-refractivity contribution in [2.45, 2.75) is 37.6 Å². The third-order valence-electron chi connectivity index (χ3n) is 2.44. The van der Waals surface area contributed by atoms with E-state index in [2.05, 4.69) is 0 Å². The Morgan fingerprint density at radius 2 is 1.74 bits per heavy atom. The van der Waals surface area contributed by atoms with Crippen LogP contribution in [-0.4, -0.2) is 72.0 Å². The molecule has 0 spiro atoms. The van der Waals surface area contributed by atoms with Crippen molar-refractivity contribution < 1.29 is 38.4 Å². The van der Waals surface area contributed by atoms with E-state index < -0.39 is 53.4 Å². The predicted molar refractivity (Wildman–Crippen MR) is 59.6 cm³/mol. The molecule has 1 aliphatic rings. The summed E-state index contributed by atoms with van der Waals surface area (Å²) in [5.41, 5.74) is 0. The zero-order valence-electron chi connectivity index (χ0n) is 9.92. The number of nitrogens with one attached hydrogen (secondary N) is 2. The predicted octanol–water partition coefficient (Wildman–Crippen LogP) is -4.24. The fraction of sp³-hybridized carbons (Fsp3) is 0.875. The maximum absolute atomic E-state index is 11.3. The van der Waals surface area contributed by atoms with Gasteiger partial charge in [-0.1, -0.05) is 0 Å². The lowest BCUT2D eigenvalue weighted by Crippen LogP contribution is -2.60. The van der Waals surface area contributed by atoms with Crippen LogP contribution in [0.4, 0.5) is 0 Å². The van der Waals surface area contributed by atoms with Gasteiger partial charge in [-0.25, -0.2) is 4.72 Å². The summed E-state index contributed by atoms with van der Waals surface area (Å²) >= 11 is 0. The zero-order valence-corrected chi connectivity index (χ0v) is 10.7. The van der Waals surface area contributed by atoms with Crippen LogP contribution in [0.3, 0.4) is 0 Å². The molecule has 1 rings (SSSR count). The monoisotopic (exact) mass is 300 g/mol. The number of aliphatic hydroxyl groups excluding tert-OH is 4. The summed E-state index contributed by atoms with van der Waals surface area (Å²) in [5, 5.41) is 37.3. The molecule has 19 heavy (non-hydrogen) atoms. The van der Waals surface area contributed by atoms with Crippen molar-refractivity contribution in [2.75, 3.05) is 6.54 Å². The molecule has 10 nitrogen and oxygen atoms in total. The normalized spacial score (nSPS) is 35.9. The van der Waals surface area contributed by atoms with Gasteiger partial charge in [0.2, 0.25) is 5.91 Å². The van der Waals surface area contributed by atoms with Crippen LogP contribution in [0.1, 0.15) is 6.92 Å². The van der Waals surface area contributed by atoms with Crippen LogP contribution < -0.4 is 9.44 Å². The summed E-state index contributed by atoms with van der Waals surface area (Å²) in [5.74, 6) is -0.812. The van der Waals surface area contributed by atoms with Gasteiger partial charge in [0.05, 0.1) is 0 Å². The van der Waals surface area contributed by atoms with Gasteiger partial charge in [0.15, 0.2) is 6.29 Å². The summed E-state index contributed by atoms with van der Waals surface area (Å²) in [6, 6.07) is 0. The number of ether oxygens (including phenoxy) is 1. The van der Waals surface area contributed by atoms with Gasteiger partial charge in [-0.15, -0.1) is 0 Å². The maximum Gasteiger partial charge on any atom is 0.301 e. The van der Waals surface area contributed by atoms with E-state index in [4.69, 9.17) is 4.74 Å². The Bertz CT molecular complexity index is 426. The molecule has 0 aromatic rings. The summed E-state index contributed by atoms with van der Waals surface area (Å²) in [7, 11) is -4.12. The van der Waals surface area contributed by atoms with E-state index in [-0.39, 0.29) is 0 Å². The van der Waals surface area contributed by atoms with Crippen molar-refractivity contribution in [2.24, 2.45) is 0 Å². The van der Waals surface area contributed by atoms with Crippen molar-refractivity contribution in [3.05, 3.63) is 0 Å². The third-order valence-corrected chi connectivity index (χ3v) is 3.54. The van der Waals surface area contributed by atoms with Crippen LogP contribution in [0, 0.1) is 0 Å². The Hall–Kier alpha value is -0.820. The largest absolute Gasteiger partial charge is 0.388 e. The van der Waals surface area contributed by atoms with Gasteiger partial charge in [0, 0.05) is 13.5 Å². The maximum atomic E-state index is 11.3. The topological polar surface area (TPSA) is 165 Å². The smallest absolute Gasteiger partial charge is 0.301 e. The standard InChI is InChI=1S/C8H16N2O8S/c1-3(11)10-19(16,17)9-2-4-5(12)6(13)7(14)8(15)18-4/h4-9,12-15H,2H2,1H3,(H,10,11)/t4-,5-,6+,7+,8?/m1/s1. The Morgan fingerprint density at radius 3 is 2.26 bits per heavy atom. The number of hydrogen-bond donors (Lipinski definition) is 6. The van der Waals surface area contributed by atoms with E-state index in [0.29, 0.717) is 0 Å². The van der Waals surface area contributed by atoms with Crippen LogP contribution in [0.5, 0.6) is 0 Å². The van der Waals surface area contributed by atoms with Crippen LogP contribution in [0.25, 0.3) is 0 Å². The Balaban J connectivity index is 2.60. The average molecular weight is 300 g/mol. The Labute approximate surface area is 109 Å². The molecule has 1 heterocycles. The summed E-state index contributed by atoms with van der Waals surface area (Å²) in [4.78, 5) is 10.6. The Morgan fingerprint density at radius 1 is 1.16 bits per heavy atom. The molecule has 0 radical (unpaired) electrons. The van der Waals surface area contributed by atoms with Gasteiger partial charge in [0.1, 0.15) is 24.4 Å². The van der Waals surface area contributed by atoms with Gasteiger partial charge < -0.3 is 25.2 Å². The van der Waals surface area contributed by atoms with Gasteiger partial charge >= 0.3 is 10.2 Å². The molecule has 1 fully saturated rings. The highest BCUT2D eigenvalue weighted by atomic mass is 32.2. The van der Waals surface area contributed by atoms with Crippen molar-refractivity contribution >= 4 is 16.1 Å². The second-order valence-electron chi connectivity index (χ2n) is 4.05. The fourth-order valence-electron chi connectivity index (χ4n) is 1.52. The number of hydrogen-bond acceptors (Lipinski definition) is 8. The fourth-order valence-corrected chi connectivity index (χ4v) is 2.35. The lowest BCUT2D eigenvalue weighted by atomic mass is 9.99. The number of rotatable bonds is 4. The molecule has 112 valence electrons. The van der Waals surface area contributed by atoms with Crippen molar-refractivity contribution in [3.63, 3.8) is 0 Å². The minimum atomic E-state index is -4.12. The molecule has 1 amide bonds. The Kier molecular flexibility index (Phi) is 5.20. The number of carbonyl (C=O) groups is 1. The molecule has 0 aromatic heterocycles. The minimum Gasteiger partial charge on any atom is -0.388 e. The van der Waals surface area contributed by atoms with Crippen LogP contribution in [0.15, 0.2) is 0 Å². The first-order valence-corrected chi connectivity index (χ1v) is 6.78. The van der Waals surface area contributed by atoms with E-state index >= 15 is 0 Å². The lowest BCUT2D eigenvalue weighted by molar-refractivity contribution is -0.279. The van der Waals surface area contributed by atoms with Gasteiger partial charge in [0.25, 0.3) is 0 Å². The van der Waals surface area contributed by atoms with Crippen molar-refractivity contribution in [3.8, 4) is 0 Å². The van der Waals surface area contributed by atoms with Crippen LogP contribution in [0.2, 0.25) is 0 Å². The average Bonchev–Trinajstić information content (AvgIpc) is 2.28. The highest BCUT2D eigenvalue weighted by molar-refractivity contribution is 7.88. The minimum absolute atomic E-state index is 0.509. The molecule has 5 atom stereocenters. The molecule has 0 bridgehead atoms. The third kappa shape index (κ3) is 4.35. The van der Waals surface area contributed by atoms with Crippen molar-refractivity contribution in [1.29, 1.82) is 0 Å². The molecule has 1 unspecified atom stereocenters. The molecule has 6 N–H and O–H groups in total. The molecule has 0 aliphatic carbocycles. The van der Waals surface area contributed by atoms with E-state index in [1.165, 1.54) is 0 Å². The van der Waals surface area contributed by atoms with Crippen LogP contribution in [-0.2, 0) is 19.7 Å². The molecular weight excluding hydrogens is 284 g/mol. The zero-order chi connectivity index (χ0) is 14.8. The van der Waals surface area contributed by atoms with Gasteiger partial charge in [-0.2, -0.15) is 13.1 Å². The van der Waals surface area contributed by atoms with E-state index in [0.717, 1.165) is 6.92 Å². The molecule has 11 heteroatoms. The first-order chi connectivity index (χ1) is 8.64. The van der Waals surface area contributed by atoms with Crippen LogP contribution >= 0.6 is 0 Å². The summed E-state index contributed by atoms with van der Waals surface area (Å²) < 4.78 is 30.8. The van der Waals surface area contributed by atoms with E-state index in [1.54, 1.807) is 4.72 Å². The lowest BCUT2D eigenvalue weighted by Gasteiger charge is -2.38. The second kappa shape index (κ2) is 6.09. The van der Waals surface area contributed by atoms with Gasteiger partial charge in [-0.3, -0.25) is 4.79 Å². The molecule has 1 saturated heterocycles. The highest BCUT2D eigenvalue weighted by Crippen LogP contribution is 2.19. The molecule has 1 aliphatic heterocycles. The first-order valence-electron chi connectivity index (χ1n) is 5.30. The highest BCUT2D eigenvalue weighted by Gasteiger charge is 2.43. The molecule has 0 saturated carbocycles. The number of amides is 1. The number of aliphatic hydroxyl groups is 4. The number of carbonyl (C=O) groups excluding carboxylic acids is 1. The van der Waals surface area contributed by atoms with Gasteiger partial charge in [-0.05, 0) is 0 Å². The first kappa shape index (κ1) is 16.2. The summed E-state index contributed by atoms with van der Waals surface area (Å²) in [6.07, 6.45) is -8.01. The van der Waals surface area contributed by atoms with Crippen molar-refractivity contribution in [1.82, 2.24) is 9.44 Å². The summed E-state index contributed by atoms with van der Waals surface area (Å²) in [6.45, 7) is 0.486.